The average molecular weight is 173 g/mol. The molecular formula is C7H15N3S. The van der Waals surface area contributed by atoms with Gasteiger partial charge in [-0.2, -0.15) is 0 Å². The monoisotopic (exact) mass is 173 g/mol. The molecule has 0 radical (unpaired) electrons. The van der Waals surface area contributed by atoms with Crippen LogP contribution in [0, 0.1) is 5.41 Å². The van der Waals surface area contributed by atoms with Crippen LogP contribution in [0.5, 0.6) is 0 Å². The summed E-state index contributed by atoms with van der Waals surface area (Å²) in [6, 6.07) is 0. The number of hydrogen-bond acceptors (Lipinski definition) is 3. The van der Waals surface area contributed by atoms with Gasteiger partial charge >= 0.3 is 0 Å². The van der Waals surface area contributed by atoms with Crippen molar-refractivity contribution in [3.8, 4) is 0 Å². The van der Waals surface area contributed by atoms with Crippen molar-refractivity contribution in [1.82, 2.24) is 0 Å². The van der Waals surface area contributed by atoms with Crippen LogP contribution in [0.2, 0.25) is 0 Å². The van der Waals surface area contributed by atoms with Gasteiger partial charge in [-0.3, -0.25) is 5.41 Å². The van der Waals surface area contributed by atoms with E-state index in [1.54, 1.807) is 0 Å². The van der Waals surface area contributed by atoms with E-state index in [1.165, 1.54) is 31.0 Å². The van der Waals surface area contributed by atoms with Crippen molar-refractivity contribution in [2.75, 3.05) is 0 Å². The maximum absolute atomic E-state index is 7.12. The molecule has 64 valence electrons. The minimum absolute atomic E-state index is 0.148. The molecule has 1 saturated carbocycles. The van der Waals surface area contributed by atoms with E-state index in [0.717, 1.165) is 12.8 Å². The Morgan fingerprint density at radius 3 is 2.27 bits per heavy atom. The molecule has 0 bridgehead atoms. The SMILES string of the molecule is N=C(N)SC1(N)CCCCC1. The maximum Gasteiger partial charge on any atom is 0.152 e. The molecule has 5 N–H and O–H groups in total. The lowest BCUT2D eigenvalue weighted by Crippen LogP contribution is -2.40. The molecule has 0 heterocycles. The molecule has 0 unspecified atom stereocenters. The predicted octanol–water partition coefficient (Wildman–Crippen LogP) is 1.23. The van der Waals surface area contributed by atoms with E-state index in [9.17, 15) is 0 Å². The van der Waals surface area contributed by atoms with Crippen LogP contribution in [-0.2, 0) is 0 Å². The fraction of sp³-hybridized carbons (Fsp3) is 0.857. The van der Waals surface area contributed by atoms with Crippen molar-refractivity contribution in [3.63, 3.8) is 0 Å². The molecule has 4 heteroatoms. The highest BCUT2D eigenvalue weighted by atomic mass is 32.2. The van der Waals surface area contributed by atoms with E-state index in [-0.39, 0.29) is 10.0 Å². The molecule has 3 nitrogen and oxygen atoms in total. The van der Waals surface area contributed by atoms with Crippen LogP contribution in [-0.4, -0.2) is 10.0 Å². The van der Waals surface area contributed by atoms with E-state index in [4.69, 9.17) is 16.9 Å². The molecule has 0 amide bonds. The largest absolute Gasteiger partial charge is 0.379 e. The van der Waals surface area contributed by atoms with Crippen LogP contribution >= 0.6 is 11.8 Å². The first-order valence-electron chi connectivity index (χ1n) is 3.94. The predicted molar refractivity (Wildman–Crippen MR) is 49.5 cm³/mol. The standard InChI is InChI=1S/C7H15N3S/c8-6(9)11-7(10)4-2-1-3-5-7/h1-5,10H2,(H3,8,9). The molecule has 1 fully saturated rings. The van der Waals surface area contributed by atoms with Crippen molar-refractivity contribution >= 4 is 16.9 Å². The van der Waals surface area contributed by atoms with Gasteiger partial charge in [-0.1, -0.05) is 31.0 Å². The first-order chi connectivity index (χ1) is 5.12. The van der Waals surface area contributed by atoms with Gasteiger partial charge < -0.3 is 11.5 Å². The van der Waals surface area contributed by atoms with Gasteiger partial charge in [0.2, 0.25) is 0 Å². The normalized spacial score (nSPS) is 23.0. The van der Waals surface area contributed by atoms with Gasteiger partial charge in [0.25, 0.3) is 0 Å². The zero-order valence-corrected chi connectivity index (χ0v) is 7.41. The highest BCUT2D eigenvalue weighted by molar-refractivity contribution is 8.14. The molecule has 0 spiro atoms. The molecule has 0 aliphatic heterocycles. The van der Waals surface area contributed by atoms with Gasteiger partial charge in [-0.25, -0.2) is 0 Å². The lowest BCUT2D eigenvalue weighted by Gasteiger charge is -2.31. The molecule has 1 rings (SSSR count). The summed E-state index contributed by atoms with van der Waals surface area (Å²) in [4.78, 5) is -0.232. The summed E-state index contributed by atoms with van der Waals surface area (Å²) in [6.45, 7) is 0. The Bertz CT molecular complexity index is 152. The zero-order chi connectivity index (χ0) is 8.32. The quantitative estimate of drug-likeness (QED) is 0.317. The maximum atomic E-state index is 7.12. The van der Waals surface area contributed by atoms with Crippen molar-refractivity contribution in [1.29, 1.82) is 5.41 Å². The van der Waals surface area contributed by atoms with Gasteiger partial charge in [0.15, 0.2) is 5.17 Å². The third-order valence-corrected chi connectivity index (χ3v) is 3.05. The van der Waals surface area contributed by atoms with E-state index >= 15 is 0 Å². The molecule has 0 saturated heterocycles. The Kier molecular flexibility index (Phi) is 2.78. The third kappa shape index (κ3) is 2.71. The molecule has 11 heavy (non-hydrogen) atoms. The van der Waals surface area contributed by atoms with Crippen molar-refractivity contribution in [2.45, 2.75) is 37.0 Å². The van der Waals surface area contributed by atoms with Crippen LogP contribution in [0.15, 0.2) is 0 Å². The number of nitrogens with two attached hydrogens (primary N) is 2. The highest BCUT2D eigenvalue weighted by Crippen LogP contribution is 2.34. The summed E-state index contributed by atoms with van der Waals surface area (Å²) >= 11 is 1.32. The number of amidine groups is 1. The number of nitrogens with one attached hydrogen (secondary N) is 1. The number of hydrogen-bond donors (Lipinski definition) is 3. The molecule has 0 aromatic heterocycles. The lowest BCUT2D eigenvalue weighted by molar-refractivity contribution is 0.409. The fourth-order valence-electron chi connectivity index (χ4n) is 1.47. The average Bonchev–Trinajstić information content (AvgIpc) is 1.85. The minimum atomic E-state index is -0.232. The number of rotatable bonds is 1. The van der Waals surface area contributed by atoms with Gasteiger partial charge in [-0.15, -0.1) is 0 Å². The van der Waals surface area contributed by atoms with Crippen molar-refractivity contribution < 1.29 is 0 Å². The van der Waals surface area contributed by atoms with Crippen LogP contribution in [0.4, 0.5) is 0 Å². The van der Waals surface area contributed by atoms with E-state index in [0.29, 0.717) is 0 Å². The van der Waals surface area contributed by atoms with Gasteiger partial charge in [0.05, 0.1) is 4.87 Å². The van der Waals surface area contributed by atoms with Crippen molar-refractivity contribution in [3.05, 3.63) is 0 Å². The fourth-order valence-corrected chi connectivity index (χ4v) is 2.40. The second kappa shape index (κ2) is 3.45. The molecule has 1 aliphatic rings. The second-order valence-corrected chi connectivity index (χ2v) is 4.55. The second-order valence-electron chi connectivity index (χ2n) is 3.09. The van der Waals surface area contributed by atoms with Crippen molar-refractivity contribution in [2.24, 2.45) is 11.5 Å². The van der Waals surface area contributed by atoms with Gasteiger partial charge in [0, 0.05) is 0 Å². The molecular weight excluding hydrogens is 158 g/mol. The molecule has 1 aliphatic carbocycles. The summed E-state index contributed by atoms with van der Waals surface area (Å²) in [7, 11) is 0. The summed E-state index contributed by atoms with van der Waals surface area (Å²) in [5, 5.41) is 7.26. The third-order valence-electron chi connectivity index (χ3n) is 2.01. The minimum Gasteiger partial charge on any atom is -0.379 e. The van der Waals surface area contributed by atoms with Crippen LogP contribution in [0.1, 0.15) is 32.1 Å². The summed E-state index contributed by atoms with van der Waals surface area (Å²) in [6.07, 6.45) is 5.62. The van der Waals surface area contributed by atoms with Crippen LogP contribution < -0.4 is 11.5 Å². The summed E-state index contributed by atoms with van der Waals surface area (Å²) in [5.74, 6) is 0. The van der Waals surface area contributed by atoms with Gasteiger partial charge in [-0.05, 0) is 12.8 Å². The molecule has 0 atom stereocenters. The summed E-state index contributed by atoms with van der Waals surface area (Å²) in [5.41, 5.74) is 11.3. The smallest absolute Gasteiger partial charge is 0.152 e. The Hall–Kier alpha value is -0.220. The molecule has 0 aromatic carbocycles. The Morgan fingerprint density at radius 1 is 1.27 bits per heavy atom. The van der Waals surface area contributed by atoms with E-state index in [1.807, 2.05) is 0 Å². The first-order valence-corrected chi connectivity index (χ1v) is 4.76. The zero-order valence-electron chi connectivity index (χ0n) is 6.60. The first kappa shape index (κ1) is 8.87. The summed E-state index contributed by atoms with van der Waals surface area (Å²) < 4.78 is 0. The van der Waals surface area contributed by atoms with Crippen LogP contribution in [0.3, 0.4) is 0 Å². The topological polar surface area (TPSA) is 75.9 Å². The Morgan fingerprint density at radius 2 is 1.82 bits per heavy atom. The molecule has 0 aromatic rings. The number of thioether (sulfide) groups is 1. The van der Waals surface area contributed by atoms with E-state index < -0.39 is 0 Å². The Balaban J connectivity index is 2.43. The Labute approximate surface area is 71.4 Å². The lowest BCUT2D eigenvalue weighted by atomic mass is 9.96. The highest BCUT2D eigenvalue weighted by Gasteiger charge is 2.28. The van der Waals surface area contributed by atoms with Crippen LogP contribution in [0.25, 0.3) is 0 Å². The van der Waals surface area contributed by atoms with E-state index in [2.05, 4.69) is 0 Å². The van der Waals surface area contributed by atoms with Gasteiger partial charge in [0.1, 0.15) is 0 Å².